The third kappa shape index (κ3) is 4.54. The van der Waals surface area contributed by atoms with Crippen LogP contribution in [0, 0.1) is 0 Å². The number of nitrogens with one attached hydrogen (secondary N) is 1. The maximum Gasteiger partial charge on any atom is 0.251 e. The van der Waals surface area contributed by atoms with Crippen LogP contribution in [0.4, 0.5) is 0 Å². The summed E-state index contributed by atoms with van der Waals surface area (Å²) in [6.07, 6.45) is 0. The molecule has 0 radical (unpaired) electrons. The largest absolute Gasteiger partial charge is 0.383 e. The standard InChI is InChI=1S/C13H19NO3/c1-10(8-16-2)14-13(15)12-6-4-11(5-7-12)9-17-3/h4-7,10H,8-9H2,1-3H3,(H,14,15)/t10-/m1/s1. The number of hydrogen-bond donors (Lipinski definition) is 1. The van der Waals surface area contributed by atoms with E-state index in [1.54, 1.807) is 26.4 Å². The van der Waals surface area contributed by atoms with E-state index in [0.717, 1.165) is 5.56 Å². The summed E-state index contributed by atoms with van der Waals surface area (Å²) in [5.41, 5.74) is 1.70. The lowest BCUT2D eigenvalue weighted by molar-refractivity contribution is 0.0905. The van der Waals surface area contributed by atoms with Gasteiger partial charge in [0.15, 0.2) is 0 Å². The minimum absolute atomic E-state index is 0.00570. The molecule has 4 nitrogen and oxygen atoms in total. The van der Waals surface area contributed by atoms with E-state index in [2.05, 4.69) is 5.32 Å². The molecule has 0 fully saturated rings. The van der Waals surface area contributed by atoms with Gasteiger partial charge in [-0.05, 0) is 24.6 Å². The summed E-state index contributed by atoms with van der Waals surface area (Å²) in [6.45, 7) is 2.97. The first kappa shape index (κ1) is 13.7. The first-order chi connectivity index (χ1) is 8.17. The lowest BCUT2D eigenvalue weighted by Crippen LogP contribution is -2.35. The summed E-state index contributed by atoms with van der Waals surface area (Å²) in [5, 5.41) is 2.85. The molecule has 1 amide bonds. The second kappa shape index (κ2) is 7.04. The van der Waals surface area contributed by atoms with E-state index >= 15 is 0 Å². The van der Waals surface area contributed by atoms with E-state index in [1.165, 1.54) is 0 Å². The topological polar surface area (TPSA) is 47.6 Å². The van der Waals surface area contributed by atoms with Crippen LogP contribution in [0.2, 0.25) is 0 Å². The monoisotopic (exact) mass is 237 g/mol. The minimum Gasteiger partial charge on any atom is -0.383 e. The maximum absolute atomic E-state index is 11.8. The van der Waals surface area contributed by atoms with Crippen molar-refractivity contribution in [2.24, 2.45) is 0 Å². The number of rotatable bonds is 6. The highest BCUT2D eigenvalue weighted by molar-refractivity contribution is 5.94. The molecular formula is C13H19NO3. The van der Waals surface area contributed by atoms with Crippen LogP contribution in [0.1, 0.15) is 22.8 Å². The molecule has 1 aromatic rings. The molecule has 0 aromatic heterocycles. The highest BCUT2D eigenvalue weighted by Crippen LogP contribution is 2.05. The Balaban J connectivity index is 2.57. The molecule has 4 heteroatoms. The zero-order chi connectivity index (χ0) is 12.7. The number of carbonyl (C=O) groups excluding carboxylic acids is 1. The Labute approximate surface area is 102 Å². The molecule has 17 heavy (non-hydrogen) atoms. The van der Waals surface area contributed by atoms with Crippen molar-refractivity contribution < 1.29 is 14.3 Å². The fourth-order valence-corrected chi connectivity index (χ4v) is 1.52. The zero-order valence-corrected chi connectivity index (χ0v) is 10.5. The van der Waals surface area contributed by atoms with Crippen molar-refractivity contribution in [3.8, 4) is 0 Å². The molecule has 1 rings (SSSR count). The summed E-state index contributed by atoms with van der Waals surface area (Å²) < 4.78 is 9.97. The van der Waals surface area contributed by atoms with E-state index in [-0.39, 0.29) is 11.9 Å². The summed E-state index contributed by atoms with van der Waals surface area (Å²) >= 11 is 0. The molecule has 0 aliphatic heterocycles. The summed E-state index contributed by atoms with van der Waals surface area (Å²) in [6, 6.07) is 7.37. The van der Waals surface area contributed by atoms with Crippen molar-refractivity contribution in [1.29, 1.82) is 0 Å². The van der Waals surface area contributed by atoms with Gasteiger partial charge in [0.2, 0.25) is 0 Å². The SMILES string of the molecule is COCc1ccc(C(=O)N[C@H](C)COC)cc1. The van der Waals surface area contributed by atoms with Gasteiger partial charge in [0, 0.05) is 25.8 Å². The average molecular weight is 237 g/mol. The fourth-order valence-electron chi connectivity index (χ4n) is 1.52. The van der Waals surface area contributed by atoms with E-state index in [1.807, 2.05) is 19.1 Å². The molecule has 0 aliphatic carbocycles. The molecule has 0 heterocycles. The van der Waals surface area contributed by atoms with E-state index in [9.17, 15) is 4.79 Å². The number of carbonyl (C=O) groups is 1. The lowest BCUT2D eigenvalue weighted by Gasteiger charge is -2.12. The van der Waals surface area contributed by atoms with Crippen LogP contribution in [0.3, 0.4) is 0 Å². The Kier molecular flexibility index (Phi) is 5.66. The van der Waals surface area contributed by atoms with Gasteiger partial charge in [-0.2, -0.15) is 0 Å². The number of methoxy groups -OCH3 is 2. The van der Waals surface area contributed by atoms with Crippen LogP contribution >= 0.6 is 0 Å². The summed E-state index contributed by atoms with van der Waals surface area (Å²) in [7, 11) is 3.26. The highest BCUT2D eigenvalue weighted by Gasteiger charge is 2.09. The number of ether oxygens (including phenoxy) is 2. The van der Waals surface area contributed by atoms with Gasteiger partial charge in [-0.25, -0.2) is 0 Å². The van der Waals surface area contributed by atoms with Gasteiger partial charge in [0.25, 0.3) is 5.91 Å². The Bertz CT molecular complexity index is 348. The molecule has 1 atom stereocenters. The number of benzene rings is 1. The van der Waals surface area contributed by atoms with Crippen molar-refractivity contribution in [3.05, 3.63) is 35.4 Å². The quantitative estimate of drug-likeness (QED) is 0.817. The zero-order valence-electron chi connectivity index (χ0n) is 10.5. The Morgan fingerprint density at radius 2 is 1.88 bits per heavy atom. The van der Waals surface area contributed by atoms with E-state index in [0.29, 0.717) is 18.8 Å². The maximum atomic E-state index is 11.8. The van der Waals surface area contributed by atoms with Crippen LogP contribution in [0.15, 0.2) is 24.3 Å². The van der Waals surface area contributed by atoms with Gasteiger partial charge in [0.05, 0.1) is 13.2 Å². The van der Waals surface area contributed by atoms with E-state index in [4.69, 9.17) is 9.47 Å². The van der Waals surface area contributed by atoms with Crippen molar-refractivity contribution in [1.82, 2.24) is 5.32 Å². The van der Waals surface area contributed by atoms with Gasteiger partial charge in [0.1, 0.15) is 0 Å². The summed E-state index contributed by atoms with van der Waals surface area (Å²) in [5.74, 6) is -0.0847. The number of hydrogen-bond acceptors (Lipinski definition) is 3. The van der Waals surface area contributed by atoms with Crippen molar-refractivity contribution >= 4 is 5.91 Å². The second-order valence-corrected chi connectivity index (χ2v) is 3.96. The minimum atomic E-state index is -0.0847. The predicted octanol–water partition coefficient (Wildman–Crippen LogP) is 1.60. The molecule has 1 aromatic carbocycles. The average Bonchev–Trinajstić information content (AvgIpc) is 2.30. The van der Waals surface area contributed by atoms with Gasteiger partial charge < -0.3 is 14.8 Å². The van der Waals surface area contributed by atoms with Crippen LogP contribution in [0.25, 0.3) is 0 Å². The lowest BCUT2D eigenvalue weighted by atomic mass is 10.1. The first-order valence-corrected chi connectivity index (χ1v) is 5.55. The third-order valence-electron chi connectivity index (χ3n) is 2.32. The van der Waals surface area contributed by atoms with Crippen molar-refractivity contribution in [3.63, 3.8) is 0 Å². The molecule has 0 aliphatic rings. The molecule has 0 spiro atoms. The smallest absolute Gasteiger partial charge is 0.251 e. The van der Waals surface area contributed by atoms with Crippen molar-refractivity contribution in [2.45, 2.75) is 19.6 Å². The molecule has 0 saturated heterocycles. The molecular weight excluding hydrogens is 218 g/mol. The highest BCUT2D eigenvalue weighted by atomic mass is 16.5. The normalized spacial score (nSPS) is 12.2. The predicted molar refractivity (Wildman–Crippen MR) is 66.0 cm³/mol. The summed E-state index contributed by atoms with van der Waals surface area (Å²) in [4.78, 5) is 11.8. The van der Waals surface area contributed by atoms with Crippen LogP contribution in [-0.2, 0) is 16.1 Å². The van der Waals surface area contributed by atoms with Gasteiger partial charge in [-0.15, -0.1) is 0 Å². The Hall–Kier alpha value is -1.39. The van der Waals surface area contributed by atoms with Crippen LogP contribution < -0.4 is 5.32 Å². The molecule has 0 unspecified atom stereocenters. The van der Waals surface area contributed by atoms with Crippen molar-refractivity contribution in [2.75, 3.05) is 20.8 Å². The van der Waals surface area contributed by atoms with Gasteiger partial charge in [-0.3, -0.25) is 4.79 Å². The van der Waals surface area contributed by atoms with E-state index < -0.39 is 0 Å². The Morgan fingerprint density at radius 1 is 1.24 bits per heavy atom. The third-order valence-corrected chi connectivity index (χ3v) is 2.32. The molecule has 1 N–H and O–H groups in total. The van der Waals surface area contributed by atoms with Crippen LogP contribution in [0.5, 0.6) is 0 Å². The first-order valence-electron chi connectivity index (χ1n) is 5.55. The Morgan fingerprint density at radius 3 is 2.41 bits per heavy atom. The van der Waals surface area contributed by atoms with Gasteiger partial charge in [-0.1, -0.05) is 12.1 Å². The van der Waals surface area contributed by atoms with Gasteiger partial charge >= 0.3 is 0 Å². The molecule has 94 valence electrons. The van der Waals surface area contributed by atoms with Crippen LogP contribution in [-0.4, -0.2) is 32.8 Å². The molecule has 0 saturated carbocycles. The second-order valence-electron chi connectivity index (χ2n) is 3.96. The number of amides is 1. The molecule has 0 bridgehead atoms. The fraction of sp³-hybridized carbons (Fsp3) is 0.462.